The van der Waals surface area contributed by atoms with E-state index in [-0.39, 0.29) is 6.61 Å². The Morgan fingerprint density at radius 3 is 3.07 bits per heavy atom. The van der Waals surface area contributed by atoms with E-state index in [0.717, 1.165) is 31.5 Å². The maximum absolute atomic E-state index is 8.60. The highest BCUT2D eigenvalue weighted by atomic mass is 16.5. The predicted molar refractivity (Wildman–Crippen MR) is 58.8 cm³/mol. The molecular formula is C11H18N2O2. The zero-order valence-electron chi connectivity index (χ0n) is 9.07. The van der Waals surface area contributed by atoms with E-state index >= 15 is 0 Å². The topological polar surface area (TPSA) is 54.4 Å². The van der Waals surface area contributed by atoms with Crippen LogP contribution in [0.15, 0.2) is 18.3 Å². The van der Waals surface area contributed by atoms with Crippen molar-refractivity contribution in [3.05, 3.63) is 23.9 Å². The first-order valence-electron chi connectivity index (χ1n) is 5.17. The number of hydrogen-bond donors (Lipinski definition) is 2. The quantitative estimate of drug-likeness (QED) is 0.658. The summed E-state index contributed by atoms with van der Waals surface area (Å²) in [5, 5.41) is 11.9. The van der Waals surface area contributed by atoms with Gasteiger partial charge in [0.2, 0.25) is 5.88 Å². The summed E-state index contributed by atoms with van der Waals surface area (Å²) in [6, 6.07) is 3.88. The van der Waals surface area contributed by atoms with Crippen molar-refractivity contribution in [2.75, 3.05) is 20.3 Å². The molecule has 0 spiro atoms. The van der Waals surface area contributed by atoms with Crippen LogP contribution in [0.4, 0.5) is 0 Å². The van der Waals surface area contributed by atoms with Gasteiger partial charge in [0.05, 0.1) is 7.11 Å². The fourth-order valence-electron chi connectivity index (χ4n) is 1.27. The summed E-state index contributed by atoms with van der Waals surface area (Å²) in [4.78, 5) is 4.03. The lowest BCUT2D eigenvalue weighted by Gasteiger charge is -2.05. The first kappa shape index (κ1) is 11.9. The van der Waals surface area contributed by atoms with Gasteiger partial charge in [0.25, 0.3) is 0 Å². The molecule has 0 bridgehead atoms. The molecule has 0 aliphatic rings. The van der Waals surface area contributed by atoms with Crippen LogP contribution < -0.4 is 10.1 Å². The fourth-order valence-corrected chi connectivity index (χ4v) is 1.27. The van der Waals surface area contributed by atoms with E-state index in [2.05, 4.69) is 10.3 Å². The number of hydrogen-bond acceptors (Lipinski definition) is 4. The molecular weight excluding hydrogens is 192 g/mol. The maximum atomic E-state index is 8.60. The van der Waals surface area contributed by atoms with Gasteiger partial charge in [-0.3, -0.25) is 0 Å². The van der Waals surface area contributed by atoms with Crippen LogP contribution in [-0.2, 0) is 6.54 Å². The molecule has 1 rings (SSSR count). The Kier molecular flexibility index (Phi) is 5.73. The Hall–Kier alpha value is -1.13. The number of nitrogens with zero attached hydrogens (tertiary/aromatic N) is 1. The van der Waals surface area contributed by atoms with Crippen LogP contribution in [-0.4, -0.2) is 30.4 Å². The Labute approximate surface area is 90.3 Å². The molecule has 0 fully saturated rings. The third-order valence-electron chi connectivity index (χ3n) is 2.10. The number of aliphatic hydroxyl groups is 1. The first-order valence-corrected chi connectivity index (χ1v) is 5.17. The third kappa shape index (κ3) is 4.76. The zero-order chi connectivity index (χ0) is 10.9. The minimum Gasteiger partial charge on any atom is -0.481 e. The van der Waals surface area contributed by atoms with Crippen LogP contribution in [0.1, 0.15) is 18.4 Å². The summed E-state index contributed by atoms with van der Waals surface area (Å²) >= 11 is 0. The Morgan fingerprint density at radius 2 is 2.33 bits per heavy atom. The van der Waals surface area contributed by atoms with Crippen molar-refractivity contribution >= 4 is 0 Å². The molecule has 0 aliphatic carbocycles. The van der Waals surface area contributed by atoms with Crippen LogP contribution in [0.3, 0.4) is 0 Å². The third-order valence-corrected chi connectivity index (χ3v) is 2.10. The van der Waals surface area contributed by atoms with Crippen molar-refractivity contribution in [1.29, 1.82) is 0 Å². The van der Waals surface area contributed by atoms with Crippen LogP contribution >= 0.6 is 0 Å². The number of pyridine rings is 1. The number of methoxy groups -OCH3 is 1. The molecule has 4 nitrogen and oxygen atoms in total. The second-order valence-corrected chi connectivity index (χ2v) is 3.31. The van der Waals surface area contributed by atoms with E-state index < -0.39 is 0 Å². The molecule has 1 heterocycles. The number of aliphatic hydroxyl groups excluding tert-OH is 1. The van der Waals surface area contributed by atoms with Gasteiger partial charge in [-0.15, -0.1) is 0 Å². The number of nitrogens with one attached hydrogen (secondary N) is 1. The zero-order valence-corrected chi connectivity index (χ0v) is 9.07. The summed E-state index contributed by atoms with van der Waals surface area (Å²) in [5.74, 6) is 0.643. The van der Waals surface area contributed by atoms with Gasteiger partial charge in [-0.25, -0.2) is 4.98 Å². The van der Waals surface area contributed by atoms with Crippen molar-refractivity contribution in [3.8, 4) is 5.88 Å². The minimum absolute atomic E-state index is 0.269. The average molecular weight is 210 g/mol. The molecule has 1 aromatic rings. The Bertz CT molecular complexity index is 279. The summed E-state index contributed by atoms with van der Waals surface area (Å²) in [7, 11) is 1.61. The van der Waals surface area contributed by atoms with Gasteiger partial charge in [0.15, 0.2) is 0 Å². The van der Waals surface area contributed by atoms with Gasteiger partial charge in [-0.1, -0.05) is 0 Å². The van der Waals surface area contributed by atoms with E-state index in [1.807, 2.05) is 12.1 Å². The van der Waals surface area contributed by atoms with E-state index in [0.29, 0.717) is 5.88 Å². The lowest BCUT2D eigenvalue weighted by Crippen LogP contribution is -2.15. The van der Waals surface area contributed by atoms with Crippen LogP contribution in [0.5, 0.6) is 5.88 Å². The second kappa shape index (κ2) is 7.20. The molecule has 0 unspecified atom stereocenters. The summed E-state index contributed by atoms with van der Waals surface area (Å²) in [5.41, 5.74) is 1.16. The van der Waals surface area contributed by atoms with Crippen LogP contribution in [0.2, 0.25) is 0 Å². The van der Waals surface area contributed by atoms with Crippen LogP contribution in [0.25, 0.3) is 0 Å². The standard InChI is InChI=1S/C11H18N2O2/c1-15-11-8-10(4-6-13-11)9-12-5-2-3-7-14/h4,6,8,12,14H,2-3,5,7,9H2,1H3. The molecule has 0 saturated heterocycles. The Morgan fingerprint density at radius 1 is 1.47 bits per heavy atom. The maximum Gasteiger partial charge on any atom is 0.213 e. The molecule has 1 aromatic heterocycles. The molecule has 0 aliphatic heterocycles. The Balaban J connectivity index is 2.24. The van der Waals surface area contributed by atoms with Gasteiger partial charge >= 0.3 is 0 Å². The molecule has 0 saturated carbocycles. The van der Waals surface area contributed by atoms with Gasteiger partial charge in [0, 0.05) is 25.4 Å². The molecule has 15 heavy (non-hydrogen) atoms. The average Bonchev–Trinajstić information content (AvgIpc) is 2.29. The molecule has 84 valence electrons. The van der Waals surface area contributed by atoms with E-state index in [1.165, 1.54) is 0 Å². The minimum atomic E-state index is 0.269. The van der Waals surface area contributed by atoms with E-state index in [4.69, 9.17) is 9.84 Å². The number of ether oxygens (including phenoxy) is 1. The van der Waals surface area contributed by atoms with Crippen molar-refractivity contribution < 1.29 is 9.84 Å². The lowest BCUT2D eigenvalue weighted by atomic mass is 10.2. The van der Waals surface area contributed by atoms with Gasteiger partial charge in [0.1, 0.15) is 0 Å². The molecule has 2 N–H and O–H groups in total. The summed E-state index contributed by atoms with van der Waals surface area (Å²) in [6.07, 6.45) is 3.59. The van der Waals surface area contributed by atoms with Gasteiger partial charge in [-0.2, -0.15) is 0 Å². The largest absolute Gasteiger partial charge is 0.481 e. The molecule has 4 heteroatoms. The highest BCUT2D eigenvalue weighted by Gasteiger charge is 1.96. The van der Waals surface area contributed by atoms with Crippen LogP contribution in [0, 0.1) is 0 Å². The highest BCUT2D eigenvalue weighted by Crippen LogP contribution is 2.07. The summed E-state index contributed by atoms with van der Waals surface area (Å²) < 4.78 is 5.03. The first-order chi connectivity index (χ1) is 7.36. The van der Waals surface area contributed by atoms with E-state index in [1.54, 1.807) is 13.3 Å². The highest BCUT2D eigenvalue weighted by molar-refractivity contribution is 5.20. The molecule has 0 aromatic carbocycles. The monoisotopic (exact) mass is 210 g/mol. The SMILES string of the molecule is COc1cc(CNCCCCO)ccn1. The molecule has 0 radical (unpaired) electrons. The summed E-state index contributed by atoms with van der Waals surface area (Å²) in [6.45, 7) is 2.00. The van der Waals surface area contributed by atoms with Gasteiger partial charge in [-0.05, 0) is 31.0 Å². The number of aromatic nitrogens is 1. The molecule has 0 amide bonds. The number of rotatable bonds is 7. The van der Waals surface area contributed by atoms with Crippen molar-refractivity contribution in [2.45, 2.75) is 19.4 Å². The lowest BCUT2D eigenvalue weighted by molar-refractivity contribution is 0.283. The second-order valence-electron chi connectivity index (χ2n) is 3.31. The predicted octanol–water partition coefficient (Wildman–Crippen LogP) is 0.952. The molecule has 0 atom stereocenters. The normalized spacial score (nSPS) is 10.3. The van der Waals surface area contributed by atoms with Crippen molar-refractivity contribution in [2.24, 2.45) is 0 Å². The van der Waals surface area contributed by atoms with E-state index in [9.17, 15) is 0 Å². The van der Waals surface area contributed by atoms with Crippen molar-refractivity contribution in [3.63, 3.8) is 0 Å². The fraction of sp³-hybridized carbons (Fsp3) is 0.545. The number of unbranched alkanes of at least 4 members (excludes halogenated alkanes) is 1. The van der Waals surface area contributed by atoms with Gasteiger partial charge < -0.3 is 15.2 Å². The smallest absolute Gasteiger partial charge is 0.213 e. The van der Waals surface area contributed by atoms with Crippen molar-refractivity contribution in [1.82, 2.24) is 10.3 Å².